The van der Waals surface area contributed by atoms with Crippen molar-refractivity contribution >= 4 is 23.5 Å². The van der Waals surface area contributed by atoms with Crippen LogP contribution in [0.15, 0.2) is 34.5 Å². The van der Waals surface area contributed by atoms with Crippen molar-refractivity contribution in [1.82, 2.24) is 9.55 Å². The molecule has 17 nitrogen and oxygen atoms in total. The van der Waals surface area contributed by atoms with Crippen molar-refractivity contribution in [2.45, 2.75) is 30.0 Å². The van der Waals surface area contributed by atoms with Crippen molar-refractivity contribution in [2.75, 3.05) is 13.3 Å². The highest BCUT2D eigenvalue weighted by Gasteiger charge is 2.63. The molecule has 2 heterocycles. The van der Waals surface area contributed by atoms with Gasteiger partial charge in [-0.2, -0.15) is 8.62 Å². The van der Waals surface area contributed by atoms with Crippen molar-refractivity contribution in [1.29, 1.82) is 0 Å². The number of aliphatic hydroxyl groups is 2. The summed E-state index contributed by atoms with van der Waals surface area (Å²) in [6, 6.07) is 0.942. The smallest absolute Gasteiger partial charge is 0.386 e. The Kier molecular flexibility index (Phi) is 8.45. The molecular weight excluding hydrogens is 536 g/mol. The van der Waals surface area contributed by atoms with Crippen LogP contribution in [0.25, 0.3) is 0 Å². The molecular formula is C13H20FN2O15P3. The fourth-order valence-electron chi connectivity index (χ4n) is 2.98. The maximum atomic E-state index is 14.0. The normalized spacial score (nSPS) is 31.0. The average molecular weight is 556 g/mol. The molecule has 0 aliphatic carbocycles. The minimum Gasteiger partial charge on any atom is -0.386 e. The first kappa shape index (κ1) is 28.9. The third-order valence-corrected chi connectivity index (χ3v) is 8.31. The number of aromatic amines is 1. The Balaban J connectivity index is 2.27. The van der Waals surface area contributed by atoms with Crippen molar-refractivity contribution in [3.63, 3.8) is 0 Å². The Bertz CT molecular complexity index is 1180. The number of H-pyrrole nitrogens is 1. The lowest BCUT2D eigenvalue weighted by atomic mass is 9.85. The minimum atomic E-state index is -5.87. The van der Waals surface area contributed by atoms with Crippen molar-refractivity contribution in [3.8, 4) is 0 Å². The van der Waals surface area contributed by atoms with Crippen LogP contribution in [0.1, 0.15) is 0 Å². The number of aromatic nitrogens is 2. The summed E-state index contributed by atoms with van der Waals surface area (Å²) in [5, 5.41) is 21.3. The van der Waals surface area contributed by atoms with Crippen LogP contribution in [0.2, 0.25) is 0 Å². The lowest BCUT2D eigenvalue weighted by Gasteiger charge is -2.31. The van der Waals surface area contributed by atoms with E-state index in [4.69, 9.17) is 19.4 Å². The van der Waals surface area contributed by atoms with E-state index in [1.807, 2.05) is 4.98 Å². The quantitative estimate of drug-likeness (QED) is 0.118. The number of aliphatic hydroxyl groups excluding tert-OH is 1. The van der Waals surface area contributed by atoms with Crippen LogP contribution in [-0.4, -0.2) is 76.0 Å². The molecule has 0 radical (unpaired) electrons. The van der Waals surface area contributed by atoms with Gasteiger partial charge in [-0.25, -0.2) is 22.9 Å². The Morgan fingerprint density at radius 3 is 2.32 bits per heavy atom. The number of ether oxygens (including phenoxy) is 1. The van der Waals surface area contributed by atoms with E-state index in [2.05, 4.69) is 19.7 Å². The van der Waals surface area contributed by atoms with Gasteiger partial charge in [-0.05, 0) is 0 Å². The summed E-state index contributed by atoms with van der Waals surface area (Å²) >= 11 is 0. The lowest BCUT2D eigenvalue weighted by Crippen LogP contribution is -2.54. The van der Waals surface area contributed by atoms with Gasteiger partial charge in [0.2, 0.25) is 0 Å². The first-order valence-corrected chi connectivity index (χ1v) is 13.3. The summed E-state index contributed by atoms with van der Waals surface area (Å²) in [5.74, 6) is 0. The average Bonchev–Trinajstić information content (AvgIpc) is 2.88. The summed E-state index contributed by atoms with van der Waals surface area (Å²) in [6.45, 7) is -0.421. The summed E-state index contributed by atoms with van der Waals surface area (Å²) in [5.41, 5.74) is -6.82. The van der Waals surface area contributed by atoms with Gasteiger partial charge in [0, 0.05) is 12.3 Å². The highest BCUT2D eigenvalue weighted by molar-refractivity contribution is 7.66. The van der Waals surface area contributed by atoms with E-state index in [0.717, 1.165) is 22.9 Å². The molecule has 2 unspecified atom stereocenters. The van der Waals surface area contributed by atoms with Crippen molar-refractivity contribution in [2.24, 2.45) is 0 Å². The minimum absolute atomic E-state index is 0.591. The second-order valence-electron chi connectivity index (χ2n) is 6.93. The van der Waals surface area contributed by atoms with E-state index in [9.17, 15) is 42.8 Å². The predicted octanol–water partition coefficient (Wildman–Crippen LogP) is -1.74. The second-order valence-corrected chi connectivity index (χ2v) is 11.3. The molecule has 1 aliphatic heterocycles. The van der Waals surface area contributed by atoms with Crippen LogP contribution >= 0.6 is 23.5 Å². The third kappa shape index (κ3) is 6.65. The maximum absolute atomic E-state index is 14.0. The molecule has 0 spiro atoms. The molecule has 1 fully saturated rings. The maximum Gasteiger partial charge on any atom is 0.490 e. The molecule has 34 heavy (non-hydrogen) atoms. The zero-order valence-corrected chi connectivity index (χ0v) is 19.4. The summed E-state index contributed by atoms with van der Waals surface area (Å²) in [4.78, 5) is 60.8. The molecule has 0 amide bonds. The number of alkyl halides is 1. The molecule has 21 heteroatoms. The van der Waals surface area contributed by atoms with Gasteiger partial charge in [0.15, 0.2) is 0 Å². The van der Waals surface area contributed by atoms with E-state index in [-0.39, 0.29) is 0 Å². The van der Waals surface area contributed by atoms with Crippen LogP contribution in [0.5, 0.6) is 0 Å². The number of hydrogen-bond acceptors (Lipinski definition) is 11. The molecule has 1 saturated heterocycles. The zero-order chi connectivity index (χ0) is 26.2. The molecule has 0 aromatic carbocycles. The highest BCUT2D eigenvalue weighted by atomic mass is 31.3. The van der Waals surface area contributed by atoms with Crippen LogP contribution in [-0.2, 0) is 38.1 Å². The zero-order valence-electron chi connectivity index (χ0n) is 16.7. The van der Waals surface area contributed by atoms with Crippen molar-refractivity contribution < 1.29 is 65.8 Å². The molecule has 194 valence electrons. The Hall–Kier alpha value is -1.36. The number of halogens is 1. The predicted molar refractivity (Wildman–Crippen MR) is 106 cm³/mol. The van der Waals surface area contributed by atoms with E-state index >= 15 is 0 Å². The molecule has 7 N–H and O–H groups in total. The van der Waals surface area contributed by atoms with Crippen molar-refractivity contribution in [3.05, 3.63) is 45.8 Å². The SMILES string of the molecule is C=C[C@]1(O)[C@H](Cn2ccc(=O)[nH]c2=O)O[C@](CF)(COP(=O)(O)OP(=O)(O)OP(=O)(O)O)[C@H]1O. The Morgan fingerprint density at radius 1 is 1.21 bits per heavy atom. The van der Waals surface area contributed by atoms with Gasteiger partial charge in [0.05, 0.1) is 13.2 Å². The van der Waals surface area contributed by atoms with Gasteiger partial charge < -0.3 is 34.5 Å². The summed E-state index contributed by atoms with van der Waals surface area (Å²) < 4.78 is 65.5. The number of nitrogens with zero attached hydrogens (tertiary/aromatic N) is 1. The standard InChI is InChI=1S/C13H20FN2O15P3/c1-2-13(20)8(5-16-4-3-9(17)15-11(16)19)29-12(6-14,10(13)18)7-28-33(24,25)31-34(26,27)30-32(21,22)23/h2-4,8,10,18,20H,1,5-7H2,(H,24,25)(H,26,27)(H,15,17,19)(H2,21,22,23)/t8-,10+,12+,13-/m0/s1. The number of phosphoric acid groups is 3. The van der Waals surface area contributed by atoms with Gasteiger partial charge >= 0.3 is 29.2 Å². The van der Waals surface area contributed by atoms with Crippen LogP contribution < -0.4 is 11.2 Å². The number of phosphoric ester groups is 1. The second kappa shape index (κ2) is 9.95. The molecule has 2 rings (SSSR count). The fourth-order valence-corrected chi connectivity index (χ4v) is 6.06. The monoisotopic (exact) mass is 556 g/mol. The first-order valence-electron chi connectivity index (χ1n) is 8.74. The lowest BCUT2D eigenvalue weighted by molar-refractivity contribution is -0.122. The highest BCUT2D eigenvalue weighted by Crippen LogP contribution is 2.66. The molecule has 0 saturated carbocycles. The third-order valence-electron chi connectivity index (χ3n) is 4.53. The first-order chi connectivity index (χ1) is 15.4. The topological polar surface area (TPSA) is 264 Å². The van der Waals surface area contributed by atoms with Gasteiger partial charge in [0.25, 0.3) is 5.56 Å². The van der Waals surface area contributed by atoms with Gasteiger partial charge in [-0.1, -0.05) is 6.08 Å². The molecule has 1 aliphatic rings. The number of hydrogen-bond donors (Lipinski definition) is 7. The molecule has 1 aromatic heterocycles. The van der Waals surface area contributed by atoms with E-state index in [1.54, 1.807) is 0 Å². The molecule has 0 bridgehead atoms. The van der Waals surface area contributed by atoms with Gasteiger partial charge in [-0.15, -0.1) is 6.58 Å². The van der Waals surface area contributed by atoms with Crippen LogP contribution in [0.3, 0.4) is 0 Å². The summed E-state index contributed by atoms with van der Waals surface area (Å²) in [6.07, 6.45) is -2.18. The van der Waals surface area contributed by atoms with Gasteiger partial charge in [-0.3, -0.25) is 18.9 Å². The Morgan fingerprint density at radius 2 is 1.82 bits per heavy atom. The fraction of sp³-hybridized carbons (Fsp3) is 0.538. The number of nitrogens with one attached hydrogen (secondary N) is 1. The molecule has 6 atom stereocenters. The van der Waals surface area contributed by atoms with E-state index in [0.29, 0.717) is 0 Å². The van der Waals surface area contributed by atoms with E-state index in [1.165, 1.54) is 0 Å². The van der Waals surface area contributed by atoms with Crippen LogP contribution in [0, 0.1) is 0 Å². The number of rotatable bonds is 11. The molecule has 1 aromatic rings. The summed E-state index contributed by atoms with van der Waals surface area (Å²) in [7, 11) is -17.3. The van der Waals surface area contributed by atoms with Gasteiger partial charge in [0.1, 0.15) is 30.1 Å². The van der Waals surface area contributed by atoms with E-state index < -0.39 is 78.0 Å². The van der Waals surface area contributed by atoms with Crippen LogP contribution in [0.4, 0.5) is 4.39 Å². The largest absolute Gasteiger partial charge is 0.490 e. The Labute approximate surface area is 188 Å².